The summed E-state index contributed by atoms with van der Waals surface area (Å²) < 4.78 is 11.6. The third-order valence-corrected chi connectivity index (χ3v) is 9.29. The van der Waals surface area contributed by atoms with Crippen LogP contribution in [-0.2, 0) is 9.53 Å². The minimum absolute atomic E-state index is 0.0222. The molecule has 3 aliphatic heterocycles. The molecule has 11 heteroatoms. The van der Waals surface area contributed by atoms with Crippen molar-refractivity contribution < 1.29 is 14.3 Å². The summed E-state index contributed by atoms with van der Waals surface area (Å²) in [5.74, 6) is 1.88. The molecule has 3 aromatic rings. The minimum Gasteiger partial charge on any atom is -0.468 e. The van der Waals surface area contributed by atoms with Crippen molar-refractivity contribution >= 4 is 23.7 Å². The quantitative estimate of drug-likeness (QED) is 0.387. The fraction of sp³-hybridized carbons (Fsp3) is 0.452. The highest BCUT2D eigenvalue weighted by Crippen LogP contribution is 2.63. The van der Waals surface area contributed by atoms with Crippen LogP contribution in [0.1, 0.15) is 25.3 Å². The van der Waals surface area contributed by atoms with Crippen LogP contribution in [0, 0.1) is 22.7 Å². The zero-order valence-electron chi connectivity index (χ0n) is 23.6. The summed E-state index contributed by atoms with van der Waals surface area (Å²) in [4.78, 5) is 31.4. The normalized spacial score (nSPS) is 25.3. The molecule has 1 aromatic heterocycles. The number of benzene rings is 2. The smallest absolute Gasteiger partial charge is 0.230 e. The topological polar surface area (TPSA) is 120 Å². The van der Waals surface area contributed by atoms with E-state index in [9.17, 15) is 10.1 Å². The molecule has 3 atom stereocenters. The van der Waals surface area contributed by atoms with Gasteiger partial charge in [0.2, 0.25) is 12.4 Å². The summed E-state index contributed by atoms with van der Waals surface area (Å²) in [5, 5.41) is 13.2. The number of carbonyl (C=O) groups is 1. The van der Waals surface area contributed by atoms with E-state index in [1.54, 1.807) is 17.0 Å². The minimum atomic E-state index is -0.329. The van der Waals surface area contributed by atoms with Crippen LogP contribution in [0.25, 0.3) is 11.4 Å². The molecule has 2 aromatic carbocycles. The number of carbonyl (C=O) groups excluding carboxylic acids is 1. The van der Waals surface area contributed by atoms with Crippen LogP contribution >= 0.6 is 0 Å². The number of hydrogen-bond acceptors (Lipinski definition) is 10. The zero-order chi connectivity index (χ0) is 28.7. The summed E-state index contributed by atoms with van der Waals surface area (Å²) in [7, 11) is 0. The van der Waals surface area contributed by atoms with Gasteiger partial charge in [0.25, 0.3) is 0 Å². The first-order valence-electron chi connectivity index (χ1n) is 14.7. The van der Waals surface area contributed by atoms with Crippen LogP contribution in [0.3, 0.4) is 0 Å². The molecule has 42 heavy (non-hydrogen) atoms. The lowest BCUT2D eigenvalue weighted by molar-refractivity contribution is -0.158. The Morgan fingerprint density at radius 3 is 2.62 bits per heavy atom. The molecule has 4 heterocycles. The Labute approximate surface area is 245 Å². The molecule has 1 saturated carbocycles. The number of nitrogens with one attached hydrogen (secondary N) is 1. The molecule has 11 nitrogen and oxygen atoms in total. The standard InChI is InChI=1S/C31H34N8O3/c1-2-23-14-31(23)18-39(20-40)29(31)42-27-8-3-21(13-22(27)15-32)28-33-19-34-30(36-28)35-24-4-6-25(7-5-24)37-9-11-38(12-10-37)26-16-41-17-26/h3-8,13,19-20,23,26,29H,2,9-12,14,16-18H2,1H3,(H,33,34,35,36). The van der Waals surface area contributed by atoms with Crippen molar-refractivity contribution in [3.63, 3.8) is 0 Å². The molecular weight excluding hydrogens is 532 g/mol. The number of nitriles is 1. The van der Waals surface area contributed by atoms with Crippen LogP contribution in [0.15, 0.2) is 48.8 Å². The van der Waals surface area contributed by atoms with Crippen LogP contribution in [0.5, 0.6) is 5.75 Å². The average Bonchev–Trinajstić information content (AvgIpc) is 3.75. The van der Waals surface area contributed by atoms with Gasteiger partial charge in [0.05, 0.1) is 24.8 Å². The Morgan fingerprint density at radius 1 is 1.14 bits per heavy atom. The fourth-order valence-electron chi connectivity index (χ4n) is 6.58. The van der Waals surface area contributed by atoms with Crippen molar-refractivity contribution in [1.82, 2.24) is 24.8 Å². The molecule has 3 saturated heterocycles. The molecule has 4 aliphatic rings. The van der Waals surface area contributed by atoms with Gasteiger partial charge in [0, 0.05) is 55.1 Å². The predicted octanol–water partition coefficient (Wildman–Crippen LogP) is 3.27. The van der Waals surface area contributed by atoms with E-state index < -0.39 is 0 Å². The number of rotatable bonds is 9. The lowest BCUT2D eigenvalue weighted by Gasteiger charge is -2.47. The second-order valence-corrected chi connectivity index (χ2v) is 11.6. The van der Waals surface area contributed by atoms with Gasteiger partial charge in [-0.25, -0.2) is 9.97 Å². The molecule has 0 bridgehead atoms. The van der Waals surface area contributed by atoms with Gasteiger partial charge in [-0.1, -0.05) is 13.3 Å². The average molecular weight is 567 g/mol. The first kappa shape index (κ1) is 26.6. The van der Waals surface area contributed by atoms with Gasteiger partial charge in [-0.2, -0.15) is 10.2 Å². The molecular formula is C31H34N8O3. The van der Waals surface area contributed by atoms with Gasteiger partial charge in [-0.05, 0) is 54.8 Å². The molecule has 1 spiro atoms. The molecule has 4 fully saturated rings. The molecule has 216 valence electrons. The number of ether oxygens (including phenoxy) is 2. The van der Waals surface area contributed by atoms with Crippen LogP contribution < -0.4 is 15.0 Å². The van der Waals surface area contributed by atoms with E-state index in [-0.39, 0.29) is 11.6 Å². The van der Waals surface area contributed by atoms with Gasteiger partial charge in [0.15, 0.2) is 12.1 Å². The first-order chi connectivity index (χ1) is 20.6. The molecule has 7 rings (SSSR count). The second-order valence-electron chi connectivity index (χ2n) is 11.6. The number of hydrogen-bond donors (Lipinski definition) is 1. The Balaban J connectivity index is 1.01. The van der Waals surface area contributed by atoms with Gasteiger partial charge in [0.1, 0.15) is 18.1 Å². The van der Waals surface area contributed by atoms with E-state index in [4.69, 9.17) is 9.47 Å². The number of aromatic nitrogens is 3. The molecule has 1 aliphatic carbocycles. The largest absolute Gasteiger partial charge is 0.468 e. The predicted molar refractivity (Wildman–Crippen MR) is 156 cm³/mol. The highest BCUT2D eigenvalue weighted by Gasteiger charge is 2.68. The van der Waals surface area contributed by atoms with Gasteiger partial charge < -0.3 is 24.6 Å². The van der Waals surface area contributed by atoms with E-state index in [0.29, 0.717) is 40.6 Å². The zero-order valence-corrected chi connectivity index (χ0v) is 23.6. The maximum absolute atomic E-state index is 11.5. The molecule has 0 radical (unpaired) electrons. The molecule has 1 N–H and O–H groups in total. The molecule has 3 unspecified atom stereocenters. The number of piperazine rings is 1. The van der Waals surface area contributed by atoms with E-state index in [2.05, 4.69) is 55.2 Å². The van der Waals surface area contributed by atoms with E-state index in [1.165, 1.54) is 12.0 Å². The third kappa shape index (κ3) is 4.80. The van der Waals surface area contributed by atoms with Crippen molar-refractivity contribution in [1.29, 1.82) is 5.26 Å². The third-order valence-electron chi connectivity index (χ3n) is 9.29. The Kier molecular flexibility index (Phi) is 6.88. The SMILES string of the molecule is CCC1CC12CN(C=O)C2Oc1ccc(-c2ncnc(Nc3ccc(N4CCN(C5COC5)CC4)cc3)n2)cc1C#N. The van der Waals surface area contributed by atoms with Crippen LogP contribution in [0.2, 0.25) is 0 Å². The number of amides is 1. The van der Waals surface area contributed by atoms with Crippen molar-refractivity contribution in [2.75, 3.05) is 56.2 Å². The first-order valence-corrected chi connectivity index (χ1v) is 14.7. The monoisotopic (exact) mass is 566 g/mol. The number of nitrogens with zero attached hydrogens (tertiary/aromatic N) is 7. The van der Waals surface area contributed by atoms with Crippen molar-refractivity contribution in [2.24, 2.45) is 11.3 Å². The van der Waals surface area contributed by atoms with Gasteiger partial charge in [-0.15, -0.1) is 0 Å². The van der Waals surface area contributed by atoms with E-state index in [1.807, 2.05) is 18.2 Å². The summed E-state index contributed by atoms with van der Waals surface area (Å²) in [6.45, 7) is 8.73. The number of anilines is 3. The summed E-state index contributed by atoms with van der Waals surface area (Å²) >= 11 is 0. The Morgan fingerprint density at radius 2 is 1.95 bits per heavy atom. The molecule has 1 amide bonds. The number of likely N-dealkylation sites (tertiary alicyclic amines) is 1. The van der Waals surface area contributed by atoms with Crippen LogP contribution in [0.4, 0.5) is 17.3 Å². The Bertz CT molecular complexity index is 1500. The summed E-state index contributed by atoms with van der Waals surface area (Å²) in [6, 6.07) is 16.4. The summed E-state index contributed by atoms with van der Waals surface area (Å²) in [5.41, 5.74) is 3.15. The Hall–Kier alpha value is -4.27. The lowest BCUT2D eigenvalue weighted by atomic mass is 9.90. The maximum atomic E-state index is 11.5. The van der Waals surface area contributed by atoms with Crippen molar-refractivity contribution in [3.8, 4) is 23.2 Å². The maximum Gasteiger partial charge on any atom is 0.230 e. The summed E-state index contributed by atoms with van der Waals surface area (Å²) in [6.07, 6.45) is 4.08. The highest BCUT2D eigenvalue weighted by molar-refractivity contribution is 5.64. The van der Waals surface area contributed by atoms with E-state index >= 15 is 0 Å². The van der Waals surface area contributed by atoms with Gasteiger partial charge >= 0.3 is 0 Å². The second kappa shape index (κ2) is 10.9. The van der Waals surface area contributed by atoms with Crippen molar-refractivity contribution in [2.45, 2.75) is 32.0 Å². The van der Waals surface area contributed by atoms with Crippen LogP contribution in [-0.4, -0.2) is 89.4 Å². The fourth-order valence-corrected chi connectivity index (χ4v) is 6.58. The van der Waals surface area contributed by atoms with E-state index in [0.717, 1.165) is 70.9 Å². The lowest BCUT2D eigenvalue weighted by Crippen LogP contribution is -2.61. The van der Waals surface area contributed by atoms with Crippen molar-refractivity contribution in [3.05, 3.63) is 54.4 Å². The highest BCUT2D eigenvalue weighted by atomic mass is 16.5. The van der Waals surface area contributed by atoms with Gasteiger partial charge in [-0.3, -0.25) is 9.69 Å².